The number of nitrogens with zero attached hydrogens (tertiary/aromatic N) is 2. The summed E-state index contributed by atoms with van der Waals surface area (Å²) >= 11 is 4.82. The maximum absolute atomic E-state index is 12.6. The zero-order valence-corrected chi connectivity index (χ0v) is 19.1. The molecular weight excluding hydrogens is 446 g/mol. The second kappa shape index (κ2) is 13.9. The van der Waals surface area contributed by atoms with Gasteiger partial charge >= 0.3 is 18.0 Å². The molecule has 0 saturated carbocycles. The molecule has 1 unspecified atom stereocenters. The third-order valence-corrected chi connectivity index (χ3v) is 6.35. The summed E-state index contributed by atoms with van der Waals surface area (Å²) in [5.74, 6) is -2.51. The normalized spacial score (nSPS) is 15.3. The predicted octanol–water partition coefficient (Wildman–Crippen LogP) is 1.90. The number of hydrogen-bond donors (Lipinski definition) is 3. The van der Waals surface area contributed by atoms with Crippen molar-refractivity contribution >= 4 is 40.7 Å². The Labute approximate surface area is 189 Å². The monoisotopic (exact) mass is 473 g/mol. The molecule has 1 aliphatic heterocycles. The van der Waals surface area contributed by atoms with E-state index in [4.69, 9.17) is 21.8 Å². The van der Waals surface area contributed by atoms with E-state index in [2.05, 4.69) is 5.32 Å². The van der Waals surface area contributed by atoms with Gasteiger partial charge in [0.15, 0.2) is 4.90 Å². The van der Waals surface area contributed by atoms with Gasteiger partial charge in [-0.1, -0.05) is 11.6 Å². The maximum Gasteiger partial charge on any atom is 0.328 e. The van der Waals surface area contributed by atoms with Crippen molar-refractivity contribution in [3.63, 3.8) is 0 Å². The SMILES string of the molecule is CN(C)CCNC(=O)N1CCC([S+]([O-])c2ccc(Cl)cc2)CC1.O=C(O)/C=C/C(=O)O. The molecule has 172 valence electrons. The molecule has 3 N–H and O–H groups in total. The van der Waals surface area contributed by atoms with Gasteiger partial charge in [-0.2, -0.15) is 0 Å². The first-order chi connectivity index (χ1) is 14.6. The van der Waals surface area contributed by atoms with Crippen molar-refractivity contribution in [3.05, 3.63) is 41.4 Å². The van der Waals surface area contributed by atoms with Crippen molar-refractivity contribution in [2.24, 2.45) is 0 Å². The average molecular weight is 474 g/mol. The Bertz CT molecular complexity index is 736. The van der Waals surface area contributed by atoms with Gasteiger partial charge < -0.3 is 29.9 Å². The number of urea groups is 1. The van der Waals surface area contributed by atoms with E-state index in [-0.39, 0.29) is 11.3 Å². The Morgan fingerprint density at radius 2 is 1.68 bits per heavy atom. The molecule has 0 spiro atoms. The van der Waals surface area contributed by atoms with Crippen molar-refractivity contribution in [1.82, 2.24) is 15.1 Å². The van der Waals surface area contributed by atoms with Crippen LogP contribution in [0.1, 0.15) is 12.8 Å². The lowest BCUT2D eigenvalue weighted by atomic mass is 10.1. The van der Waals surface area contributed by atoms with Crippen LogP contribution in [0.2, 0.25) is 5.02 Å². The Morgan fingerprint density at radius 3 is 2.13 bits per heavy atom. The molecule has 1 heterocycles. The summed E-state index contributed by atoms with van der Waals surface area (Å²) < 4.78 is 12.6. The first kappa shape index (κ1) is 26.8. The third-order valence-electron chi connectivity index (χ3n) is 4.28. The molecule has 0 radical (unpaired) electrons. The third kappa shape index (κ3) is 11.1. The first-order valence-corrected chi connectivity index (χ1v) is 11.2. The molecule has 1 atom stereocenters. The molecule has 0 bridgehead atoms. The number of hydrogen-bond acceptors (Lipinski definition) is 5. The minimum absolute atomic E-state index is 0.0254. The Morgan fingerprint density at radius 1 is 1.16 bits per heavy atom. The first-order valence-electron chi connectivity index (χ1n) is 9.57. The number of carbonyl (C=O) groups is 3. The highest BCUT2D eigenvalue weighted by atomic mass is 35.5. The lowest BCUT2D eigenvalue weighted by Crippen LogP contribution is -2.47. The summed E-state index contributed by atoms with van der Waals surface area (Å²) in [6, 6.07) is 7.14. The van der Waals surface area contributed by atoms with Crippen LogP contribution < -0.4 is 5.32 Å². The number of rotatable bonds is 7. The molecule has 11 heteroatoms. The van der Waals surface area contributed by atoms with E-state index in [1.54, 1.807) is 12.1 Å². The Hall–Kier alpha value is -2.27. The van der Waals surface area contributed by atoms with Gasteiger partial charge in [-0.05, 0) is 49.5 Å². The molecule has 0 aromatic heterocycles. The minimum atomic E-state index is -1.26. The van der Waals surface area contributed by atoms with Crippen molar-refractivity contribution in [1.29, 1.82) is 0 Å². The molecule has 1 aromatic carbocycles. The summed E-state index contributed by atoms with van der Waals surface area (Å²) in [6.45, 7) is 2.76. The van der Waals surface area contributed by atoms with Crippen molar-refractivity contribution in [2.75, 3.05) is 40.3 Å². The van der Waals surface area contributed by atoms with E-state index in [1.807, 2.05) is 36.0 Å². The lowest BCUT2D eigenvalue weighted by Gasteiger charge is -2.32. The number of likely N-dealkylation sites (N-methyl/N-ethyl adjacent to an activating group) is 1. The highest BCUT2D eigenvalue weighted by Crippen LogP contribution is 2.25. The number of carbonyl (C=O) groups excluding carboxylic acids is 1. The van der Waals surface area contributed by atoms with Gasteiger partial charge in [0.1, 0.15) is 5.25 Å². The molecule has 1 aromatic rings. The largest absolute Gasteiger partial charge is 0.611 e. The van der Waals surface area contributed by atoms with E-state index < -0.39 is 23.1 Å². The fourth-order valence-corrected chi connectivity index (χ4v) is 4.23. The van der Waals surface area contributed by atoms with Gasteiger partial charge in [-0.3, -0.25) is 0 Å². The quantitative estimate of drug-likeness (QED) is 0.406. The van der Waals surface area contributed by atoms with Crippen LogP contribution in [0.15, 0.2) is 41.3 Å². The van der Waals surface area contributed by atoms with Crippen molar-refractivity contribution in [2.45, 2.75) is 23.0 Å². The summed E-state index contributed by atoms with van der Waals surface area (Å²) in [4.78, 5) is 35.8. The molecule has 9 nitrogen and oxygen atoms in total. The number of benzene rings is 1. The van der Waals surface area contributed by atoms with Gasteiger partial charge in [-0.25, -0.2) is 14.4 Å². The highest BCUT2D eigenvalue weighted by Gasteiger charge is 2.31. The number of nitrogens with one attached hydrogen (secondary N) is 1. The number of likely N-dealkylation sites (tertiary alicyclic amines) is 1. The van der Waals surface area contributed by atoms with Gasteiger partial charge in [0, 0.05) is 56.2 Å². The Balaban J connectivity index is 0.000000512. The molecule has 1 aliphatic rings. The molecule has 2 amide bonds. The number of piperidine rings is 1. The van der Waals surface area contributed by atoms with E-state index in [9.17, 15) is 18.9 Å². The van der Waals surface area contributed by atoms with E-state index in [1.165, 1.54) is 0 Å². The van der Waals surface area contributed by atoms with E-state index in [0.29, 0.717) is 36.8 Å². The van der Waals surface area contributed by atoms with Gasteiger partial charge in [0.05, 0.1) is 0 Å². The van der Waals surface area contributed by atoms with Gasteiger partial charge in [-0.15, -0.1) is 0 Å². The number of carboxylic acids is 2. The molecule has 1 saturated heterocycles. The number of amides is 2. The second-order valence-corrected chi connectivity index (χ2v) is 9.15. The number of halogens is 1. The lowest BCUT2D eigenvalue weighted by molar-refractivity contribution is -0.134. The van der Waals surface area contributed by atoms with Crippen LogP contribution >= 0.6 is 11.6 Å². The zero-order valence-electron chi connectivity index (χ0n) is 17.5. The number of aliphatic carboxylic acids is 2. The van der Waals surface area contributed by atoms with Crippen LogP contribution in [0.5, 0.6) is 0 Å². The van der Waals surface area contributed by atoms with Crippen LogP contribution in [-0.4, -0.2) is 88.1 Å². The summed E-state index contributed by atoms with van der Waals surface area (Å²) in [5.41, 5.74) is 0. The van der Waals surface area contributed by atoms with Crippen LogP contribution in [0.25, 0.3) is 0 Å². The predicted molar refractivity (Wildman–Crippen MR) is 119 cm³/mol. The highest BCUT2D eigenvalue weighted by molar-refractivity contribution is 7.92. The fraction of sp³-hybridized carbons (Fsp3) is 0.450. The van der Waals surface area contributed by atoms with Gasteiger partial charge in [0.2, 0.25) is 0 Å². The smallest absolute Gasteiger partial charge is 0.328 e. The molecule has 2 rings (SSSR count). The van der Waals surface area contributed by atoms with Gasteiger partial charge in [0.25, 0.3) is 0 Å². The molecule has 0 aliphatic carbocycles. The van der Waals surface area contributed by atoms with E-state index in [0.717, 1.165) is 24.3 Å². The fourth-order valence-electron chi connectivity index (χ4n) is 2.67. The Kier molecular flexibility index (Phi) is 12.0. The topological polar surface area (TPSA) is 133 Å². The van der Waals surface area contributed by atoms with Crippen LogP contribution in [0.4, 0.5) is 4.79 Å². The van der Waals surface area contributed by atoms with Crippen LogP contribution in [0, 0.1) is 0 Å². The second-order valence-electron chi connectivity index (χ2n) is 6.98. The van der Waals surface area contributed by atoms with Crippen LogP contribution in [0.3, 0.4) is 0 Å². The summed E-state index contributed by atoms with van der Waals surface area (Å²) in [5, 5.41) is 19.3. The van der Waals surface area contributed by atoms with Crippen LogP contribution in [-0.2, 0) is 20.8 Å². The van der Waals surface area contributed by atoms with E-state index >= 15 is 0 Å². The van der Waals surface area contributed by atoms with Crippen molar-refractivity contribution < 1.29 is 29.1 Å². The van der Waals surface area contributed by atoms with Crippen molar-refractivity contribution in [3.8, 4) is 0 Å². The standard InChI is InChI=1S/C16H24ClN3O2S.C4H4O4/c1-19(2)12-9-18-16(21)20-10-7-15(8-11-20)23(22)14-5-3-13(17)4-6-14;5-3(6)1-2-4(7)8/h3-6,15H,7-12H2,1-2H3,(H,18,21);1-2H,(H,5,6)(H,7,8)/b;2-1+. The molecular formula is C20H28ClN3O6S. The zero-order chi connectivity index (χ0) is 23.4. The summed E-state index contributed by atoms with van der Waals surface area (Å²) in [6.07, 6.45) is 2.64. The number of carboxylic acid groups (broad SMARTS) is 2. The maximum atomic E-state index is 12.6. The molecule has 31 heavy (non-hydrogen) atoms. The average Bonchev–Trinajstić information content (AvgIpc) is 2.72. The summed E-state index contributed by atoms with van der Waals surface area (Å²) in [7, 11) is 3.95. The molecule has 1 fully saturated rings. The minimum Gasteiger partial charge on any atom is -0.611 e.